The van der Waals surface area contributed by atoms with Gasteiger partial charge in [0.25, 0.3) is 0 Å². The van der Waals surface area contributed by atoms with Crippen molar-refractivity contribution < 1.29 is 0 Å². The van der Waals surface area contributed by atoms with Crippen molar-refractivity contribution in [3.05, 3.63) is 35.4 Å². The molecular formula is C18H28N2. The van der Waals surface area contributed by atoms with E-state index in [1.54, 1.807) is 0 Å². The van der Waals surface area contributed by atoms with E-state index in [1.165, 1.54) is 56.4 Å². The van der Waals surface area contributed by atoms with Crippen LogP contribution in [0.15, 0.2) is 24.3 Å². The summed E-state index contributed by atoms with van der Waals surface area (Å²) in [6, 6.07) is 9.81. The first-order valence-corrected chi connectivity index (χ1v) is 8.19. The molecule has 2 heteroatoms. The van der Waals surface area contributed by atoms with Crippen LogP contribution in [0.3, 0.4) is 0 Å². The molecule has 1 aromatic carbocycles. The predicted octanol–water partition coefficient (Wildman–Crippen LogP) is 3.17. The Labute approximate surface area is 123 Å². The topological polar surface area (TPSA) is 15.3 Å². The van der Waals surface area contributed by atoms with Crippen molar-refractivity contribution >= 4 is 0 Å². The predicted molar refractivity (Wildman–Crippen MR) is 85.2 cm³/mol. The molecule has 2 aliphatic rings. The summed E-state index contributed by atoms with van der Waals surface area (Å²) in [4.78, 5) is 2.49. The average molecular weight is 272 g/mol. The van der Waals surface area contributed by atoms with E-state index in [9.17, 15) is 0 Å². The maximum atomic E-state index is 3.82. The molecule has 2 unspecified atom stereocenters. The molecule has 1 saturated carbocycles. The summed E-state index contributed by atoms with van der Waals surface area (Å²) in [6.45, 7) is 5.80. The fourth-order valence-electron chi connectivity index (χ4n) is 3.58. The van der Waals surface area contributed by atoms with Crippen molar-refractivity contribution in [1.29, 1.82) is 0 Å². The number of benzene rings is 1. The van der Waals surface area contributed by atoms with Crippen molar-refractivity contribution in [2.75, 3.05) is 26.7 Å². The monoisotopic (exact) mass is 272 g/mol. The molecule has 0 aromatic heterocycles. The largest absolute Gasteiger partial charge is 0.312 e. The number of piperidine rings is 1. The highest BCUT2D eigenvalue weighted by molar-refractivity contribution is 5.25. The molecule has 20 heavy (non-hydrogen) atoms. The zero-order valence-electron chi connectivity index (χ0n) is 12.9. The van der Waals surface area contributed by atoms with Gasteiger partial charge in [0.15, 0.2) is 0 Å². The van der Waals surface area contributed by atoms with Gasteiger partial charge in [0.1, 0.15) is 0 Å². The highest BCUT2D eigenvalue weighted by Crippen LogP contribution is 2.28. The normalized spacial score (nSPS) is 28.3. The van der Waals surface area contributed by atoms with Crippen molar-refractivity contribution in [2.24, 2.45) is 5.92 Å². The molecule has 1 heterocycles. The van der Waals surface area contributed by atoms with Gasteiger partial charge in [-0.2, -0.15) is 0 Å². The quantitative estimate of drug-likeness (QED) is 0.905. The Morgan fingerprint density at radius 3 is 2.55 bits per heavy atom. The summed E-state index contributed by atoms with van der Waals surface area (Å²) in [6.07, 6.45) is 5.62. The van der Waals surface area contributed by atoms with Crippen LogP contribution in [0.4, 0.5) is 0 Å². The van der Waals surface area contributed by atoms with Crippen LogP contribution < -0.4 is 5.32 Å². The van der Waals surface area contributed by atoms with Crippen LogP contribution in [0.5, 0.6) is 0 Å². The Bertz CT molecular complexity index is 422. The Morgan fingerprint density at radius 2 is 1.90 bits per heavy atom. The number of aryl methyl sites for hydroxylation is 1. The summed E-state index contributed by atoms with van der Waals surface area (Å²) in [7, 11) is 2.26. The van der Waals surface area contributed by atoms with Crippen molar-refractivity contribution in [2.45, 2.75) is 44.6 Å². The summed E-state index contributed by atoms with van der Waals surface area (Å²) < 4.78 is 0. The van der Waals surface area contributed by atoms with Gasteiger partial charge in [-0.1, -0.05) is 36.2 Å². The lowest BCUT2D eigenvalue weighted by Crippen LogP contribution is -2.48. The zero-order chi connectivity index (χ0) is 13.9. The van der Waals surface area contributed by atoms with Gasteiger partial charge in [-0.25, -0.2) is 0 Å². The number of rotatable bonds is 4. The minimum Gasteiger partial charge on any atom is -0.312 e. The van der Waals surface area contributed by atoms with Crippen molar-refractivity contribution in [3.63, 3.8) is 0 Å². The standard InChI is InChI=1S/C18H28N2/c1-14-6-8-16(9-7-14)17-10-18(13-20(2)12-17)19-11-15-4-3-5-15/h6-9,15,17-19H,3-5,10-13H2,1-2H3. The minimum absolute atomic E-state index is 0.667. The molecule has 2 fully saturated rings. The van der Waals surface area contributed by atoms with E-state index in [-0.39, 0.29) is 0 Å². The number of hydrogen-bond donors (Lipinski definition) is 1. The van der Waals surface area contributed by atoms with Crippen LogP contribution in [0.1, 0.15) is 42.7 Å². The third-order valence-corrected chi connectivity index (χ3v) is 5.10. The molecule has 0 amide bonds. The number of nitrogens with one attached hydrogen (secondary N) is 1. The van der Waals surface area contributed by atoms with Crippen LogP contribution in [0.2, 0.25) is 0 Å². The van der Waals surface area contributed by atoms with Gasteiger partial charge in [0.05, 0.1) is 0 Å². The van der Waals surface area contributed by atoms with Gasteiger partial charge in [0, 0.05) is 19.1 Å². The number of likely N-dealkylation sites (tertiary alicyclic amines) is 1. The average Bonchev–Trinajstić information content (AvgIpc) is 2.37. The summed E-state index contributed by atoms with van der Waals surface area (Å²) in [5, 5.41) is 3.82. The van der Waals surface area contributed by atoms with Gasteiger partial charge >= 0.3 is 0 Å². The highest BCUT2D eigenvalue weighted by Gasteiger charge is 2.27. The fraction of sp³-hybridized carbons (Fsp3) is 0.667. The Kier molecular flexibility index (Phi) is 4.42. The lowest BCUT2D eigenvalue weighted by Gasteiger charge is -2.38. The van der Waals surface area contributed by atoms with E-state index in [0.717, 1.165) is 5.92 Å². The second kappa shape index (κ2) is 6.28. The number of hydrogen-bond acceptors (Lipinski definition) is 2. The number of likely N-dealkylation sites (N-methyl/N-ethyl adjacent to an activating group) is 1. The molecule has 1 N–H and O–H groups in total. The fourth-order valence-corrected chi connectivity index (χ4v) is 3.58. The first-order valence-electron chi connectivity index (χ1n) is 8.19. The van der Waals surface area contributed by atoms with Gasteiger partial charge in [0.2, 0.25) is 0 Å². The first-order chi connectivity index (χ1) is 9.70. The molecule has 0 bridgehead atoms. The molecule has 0 spiro atoms. The van der Waals surface area contributed by atoms with E-state index in [0.29, 0.717) is 12.0 Å². The molecule has 1 aliphatic carbocycles. The van der Waals surface area contributed by atoms with Crippen molar-refractivity contribution in [3.8, 4) is 0 Å². The van der Waals surface area contributed by atoms with Crippen LogP contribution >= 0.6 is 0 Å². The third kappa shape index (κ3) is 3.42. The van der Waals surface area contributed by atoms with Crippen molar-refractivity contribution in [1.82, 2.24) is 10.2 Å². The van der Waals surface area contributed by atoms with Crippen LogP contribution in [0.25, 0.3) is 0 Å². The molecule has 2 nitrogen and oxygen atoms in total. The minimum atomic E-state index is 0.667. The van der Waals surface area contributed by atoms with E-state index < -0.39 is 0 Å². The van der Waals surface area contributed by atoms with Gasteiger partial charge in [-0.3, -0.25) is 0 Å². The summed E-state index contributed by atoms with van der Waals surface area (Å²) in [5.41, 5.74) is 2.87. The molecule has 1 aliphatic heterocycles. The number of nitrogens with zero attached hydrogens (tertiary/aromatic N) is 1. The molecule has 110 valence electrons. The van der Waals surface area contributed by atoms with E-state index in [4.69, 9.17) is 0 Å². The van der Waals surface area contributed by atoms with E-state index in [1.807, 2.05) is 0 Å². The lowest BCUT2D eigenvalue weighted by atomic mass is 9.84. The van der Waals surface area contributed by atoms with Gasteiger partial charge in [-0.05, 0) is 57.2 Å². The lowest BCUT2D eigenvalue weighted by molar-refractivity contribution is 0.190. The summed E-state index contributed by atoms with van der Waals surface area (Å²) in [5.74, 6) is 1.65. The SMILES string of the molecule is Cc1ccc(C2CC(NCC3CCC3)CN(C)C2)cc1. The molecule has 1 saturated heterocycles. The second-order valence-electron chi connectivity index (χ2n) is 6.97. The third-order valence-electron chi connectivity index (χ3n) is 5.10. The van der Waals surface area contributed by atoms with Crippen LogP contribution in [-0.2, 0) is 0 Å². The summed E-state index contributed by atoms with van der Waals surface area (Å²) >= 11 is 0. The Morgan fingerprint density at radius 1 is 1.15 bits per heavy atom. The zero-order valence-corrected chi connectivity index (χ0v) is 12.9. The molecular weight excluding hydrogens is 244 g/mol. The Hall–Kier alpha value is -0.860. The molecule has 0 radical (unpaired) electrons. The maximum absolute atomic E-state index is 3.82. The smallest absolute Gasteiger partial charge is 0.0201 e. The van der Waals surface area contributed by atoms with Gasteiger partial charge < -0.3 is 10.2 Å². The van der Waals surface area contributed by atoms with Gasteiger partial charge in [-0.15, -0.1) is 0 Å². The molecule has 1 aromatic rings. The Balaban J connectivity index is 1.58. The maximum Gasteiger partial charge on any atom is 0.0201 e. The second-order valence-corrected chi connectivity index (χ2v) is 6.97. The van der Waals surface area contributed by atoms with Crippen LogP contribution in [-0.4, -0.2) is 37.6 Å². The first kappa shape index (κ1) is 14.1. The highest BCUT2D eigenvalue weighted by atomic mass is 15.1. The van der Waals surface area contributed by atoms with E-state index in [2.05, 4.69) is 48.5 Å². The molecule has 2 atom stereocenters. The molecule has 3 rings (SSSR count). The van der Waals surface area contributed by atoms with Crippen LogP contribution in [0, 0.1) is 12.8 Å². The van der Waals surface area contributed by atoms with E-state index >= 15 is 0 Å².